The fraction of sp³-hybridized carbons (Fsp3) is 0.125. The van der Waals surface area contributed by atoms with Gasteiger partial charge in [-0.3, -0.25) is 4.79 Å². The van der Waals surface area contributed by atoms with Gasteiger partial charge in [0.2, 0.25) is 5.91 Å². The predicted octanol–water partition coefficient (Wildman–Crippen LogP) is 3.02. The zero-order valence-corrected chi connectivity index (χ0v) is 11.5. The van der Waals surface area contributed by atoms with Gasteiger partial charge in [0.1, 0.15) is 17.2 Å². The third-order valence-electron chi connectivity index (χ3n) is 3.15. The normalized spacial score (nSPS) is 10.5. The number of hydrogen-bond acceptors (Lipinski definition) is 4. The van der Waals surface area contributed by atoms with Crippen LogP contribution in [-0.4, -0.2) is 18.0 Å². The largest absolute Gasteiger partial charge is 0.497 e. The first-order valence-corrected chi connectivity index (χ1v) is 6.51. The van der Waals surface area contributed by atoms with Crippen LogP contribution in [0.1, 0.15) is 5.56 Å². The summed E-state index contributed by atoms with van der Waals surface area (Å²) in [5, 5.41) is 3.66. The van der Waals surface area contributed by atoms with Gasteiger partial charge in [-0.15, -0.1) is 0 Å². The lowest BCUT2D eigenvalue weighted by Gasteiger charge is -2.03. The number of benzene rings is 1. The van der Waals surface area contributed by atoms with Crippen LogP contribution in [-0.2, 0) is 11.2 Å². The molecule has 0 saturated heterocycles. The molecule has 0 aliphatic heterocycles. The number of furan rings is 1. The van der Waals surface area contributed by atoms with Crippen LogP contribution in [0.5, 0.6) is 5.75 Å². The van der Waals surface area contributed by atoms with Gasteiger partial charge in [-0.05, 0) is 24.3 Å². The highest BCUT2D eigenvalue weighted by Gasteiger charge is 2.11. The predicted molar refractivity (Wildman–Crippen MR) is 79.3 cm³/mol. The number of anilines is 1. The molecule has 0 aliphatic rings. The van der Waals surface area contributed by atoms with E-state index in [4.69, 9.17) is 9.15 Å². The van der Waals surface area contributed by atoms with Gasteiger partial charge in [-0.25, -0.2) is 4.98 Å². The highest BCUT2D eigenvalue weighted by molar-refractivity contribution is 5.94. The minimum absolute atomic E-state index is 0.132. The molecule has 1 amide bonds. The molecule has 2 heterocycles. The molecule has 21 heavy (non-hydrogen) atoms. The molecule has 106 valence electrons. The van der Waals surface area contributed by atoms with Gasteiger partial charge in [0.15, 0.2) is 0 Å². The fourth-order valence-electron chi connectivity index (χ4n) is 2.12. The van der Waals surface area contributed by atoms with E-state index in [9.17, 15) is 4.79 Å². The number of ether oxygens (including phenoxy) is 1. The summed E-state index contributed by atoms with van der Waals surface area (Å²) in [7, 11) is 1.60. The first kappa shape index (κ1) is 13.2. The van der Waals surface area contributed by atoms with Crippen molar-refractivity contribution < 1.29 is 13.9 Å². The van der Waals surface area contributed by atoms with Crippen LogP contribution >= 0.6 is 0 Å². The standard InChI is InChI=1S/C16H14N2O3/c1-20-12-5-6-13-11(10-21-14(13)9-12)8-16(19)18-15-4-2-3-7-17-15/h2-7,9-10H,8H2,1H3,(H,17,18,19). The van der Waals surface area contributed by atoms with Crippen molar-refractivity contribution in [2.45, 2.75) is 6.42 Å². The number of rotatable bonds is 4. The van der Waals surface area contributed by atoms with Gasteiger partial charge in [0, 0.05) is 23.2 Å². The van der Waals surface area contributed by atoms with Gasteiger partial charge in [-0.2, -0.15) is 0 Å². The van der Waals surface area contributed by atoms with Crippen LogP contribution in [0.2, 0.25) is 0 Å². The molecule has 1 aromatic carbocycles. The summed E-state index contributed by atoms with van der Waals surface area (Å²) >= 11 is 0. The molecule has 5 heteroatoms. The second kappa shape index (κ2) is 5.66. The third-order valence-corrected chi connectivity index (χ3v) is 3.15. The Morgan fingerprint density at radius 1 is 1.33 bits per heavy atom. The molecule has 1 N–H and O–H groups in total. The molecular weight excluding hydrogens is 268 g/mol. The maximum absolute atomic E-state index is 12.0. The number of fused-ring (bicyclic) bond motifs is 1. The molecule has 2 aromatic heterocycles. The lowest BCUT2D eigenvalue weighted by atomic mass is 10.1. The van der Waals surface area contributed by atoms with Gasteiger partial charge >= 0.3 is 0 Å². The molecule has 0 fully saturated rings. The van der Waals surface area contributed by atoms with Crippen molar-refractivity contribution in [3.63, 3.8) is 0 Å². The second-order valence-corrected chi connectivity index (χ2v) is 4.56. The fourth-order valence-corrected chi connectivity index (χ4v) is 2.12. The zero-order valence-electron chi connectivity index (χ0n) is 11.5. The van der Waals surface area contributed by atoms with E-state index in [0.29, 0.717) is 11.4 Å². The van der Waals surface area contributed by atoms with Crippen molar-refractivity contribution in [3.8, 4) is 5.75 Å². The van der Waals surface area contributed by atoms with Gasteiger partial charge < -0.3 is 14.5 Å². The van der Waals surface area contributed by atoms with Crippen LogP contribution < -0.4 is 10.1 Å². The molecule has 3 rings (SSSR count). The van der Waals surface area contributed by atoms with Crippen molar-refractivity contribution in [2.75, 3.05) is 12.4 Å². The van der Waals surface area contributed by atoms with Gasteiger partial charge in [0.05, 0.1) is 19.8 Å². The van der Waals surface area contributed by atoms with Crippen molar-refractivity contribution in [3.05, 3.63) is 54.4 Å². The van der Waals surface area contributed by atoms with E-state index in [0.717, 1.165) is 16.7 Å². The molecule has 5 nitrogen and oxygen atoms in total. The maximum atomic E-state index is 12.0. The molecule has 0 aliphatic carbocycles. The Hall–Kier alpha value is -2.82. The zero-order chi connectivity index (χ0) is 14.7. The molecule has 0 bridgehead atoms. The van der Waals surface area contributed by atoms with E-state index in [2.05, 4.69) is 10.3 Å². The number of nitrogens with zero attached hydrogens (tertiary/aromatic N) is 1. The van der Waals surface area contributed by atoms with Crippen molar-refractivity contribution in [1.29, 1.82) is 0 Å². The molecule has 0 radical (unpaired) electrons. The quantitative estimate of drug-likeness (QED) is 0.799. The van der Waals surface area contributed by atoms with E-state index in [1.807, 2.05) is 18.2 Å². The van der Waals surface area contributed by atoms with Crippen LogP contribution in [0.4, 0.5) is 5.82 Å². The van der Waals surface area contributed by atoms with Crippen LogP contribution in [0.3, 0.4) is 0 Å². The Morgan fingerprint density at radius 2 is 2.24 bits per heavy atom. The number of carbonyl (C=O) groups excluding carboxylic acids is 1. The Labute approximate surface area is 121 Å². The average molecular weight is 282 g/mol. The molecule has 0 spiro atoms. The third kappa shape index (κ3) is 2.86. The maximum Gasteiger partial charge on any atom is 0.230 e. The van der Waals surface area contributed by atoms with Crippen LogP contribution in [0.15, 0.2) is 53.3 Å². The lowest BCUT2D eigenvalue weighted by molar-refractivity contribution is -0.115. The van der Waals surface area contributed by atoms with E-state index in [-0.39, 0.29) is 12.3 Å². The molecule has 0 unspecified atom stereocenters. The monoisotopic (exact) mass is 282 g/mol. The number of pyridine rings is 1. The Morgan fingerprint density at radius 3 is 3.00 bits per heavy atom. The minimum atomic E-state index is -0.132. The van der Waals surface area contributed by atoms with Crippen LogP contribution in [0, 0.1) is 0 Å². The van der Waals surface area contributed by atoms with Crippen molar-refractivity contribution >= 4 is 22.7 Å². The van der Waals surface area contributed by atoms with E-state index in [1.165, 1.54) is 0 Å². The highest BCUT2D eigenvalue weighted by Crippen LogP contribution is 2.26. The molecule has 0 saturated carbocycles. The smallest absolute Gasteiger partial charge is 0.230 e. The van der Waals surface area contributed by atoms with E-state index in [1.54, 1.807) is 37.8 Å². The first-order chi connectivity index (χ1) is 10.3. The number of aromatic nitrogens is 1. The molecule has 3 aromatic rings. The Kier molecular flexibility index (Phi) is 3.55. The Bertz CT molecular complexity index is 766. The lowest BCUT2D eigenvalue weighted by Crippen LogP contribution is -2.14. The number of nitrogens with one attached hydrogen (secondary N) is 1. The summed E-state index contributed by atoms with van der Waals surface area (Å²) in [6, 6.07) is 10.9. The number of carbonyl (C=O) groups is 1. The van der Waals surface area contributed by atoms with Gasteiger partial charge in [-0.1, -0.05) is 6.07 Å². The molecular formula is C16H14N2O3. The summed E-state index contributed by atoms with van der Waals surface area (Å²) in [4.78, 5) is 16.1. The van der Waals surface area contributed by atoms with Gasteiger partial charge in [0.25, 0.3) is 0 Å². The van der Waals surface area contributed by atoms with Crippen LogP contribution in [0.25, 0.3) is 11.0 Å². The number of amides is 1. The summed E-state index contributed by atoms with van der Waals surface area (Å²) < 4.78 is 10.6. The topological polar surface area (TPSA) is 64.4 Å². The number of hydrogen-bond donors (Lipinski definition) is 1. The summed E-state index contributed by atoms with van der Waals surface area (Å²) in [6.45, 7) is 0. The minimum Gasteiger partial charge on any atom is -0.497 e. The molecule has 0 atom stereocenters. The van der Waals surface area contributed by atoms with Crippen molar-refractivity contribution in [1.82, 2.24) is 4.98 Å². The average Bonchev–Trinajstić information content (AvgIpc) is 2.90. The number of methoxy groups -OCH3 is 1. The second-order valence-electron chi connectivity index (χ2n) is 4.56. The van der Waals surface area contributed by atoms with E-state index >= 15 is 0 Å². The SMILES string of the molecule is COc1ccc2c(CC(=O)Nc3ccccn3)coc2c1. The highest BCUT2D eigenvalue weighted by atomic mass is 16.5. The van der Waals surface area contributed by atoms with Crippen molar-refractivity contribution in [2.24, 2.45) is 0 Å². The summed E-state index contributed by atoms with van der Waals surface area (Å²) in [5.74, 6) is 1.13. The summed E-state index contributed by atoms with van der Waals surface area (Å²) in [5.41, 5.74) is 1.54. The van der Waals surface area contributed by atoms with E-state index < -0.39 is 0 Å². The summed E-state index contributed by atoms with van der Waals surface area (Å²) in [6.07, 6.45) is 3.47. The first-order valence-electron chi connectivity index (χ1n) is 6.51. The Balaban J connectivity index is 1.77.